The van der Waals surface area contributed by atoms with Gasteiger partial charge in [0.1, 0.15) is 11.4 Å². The summed E-state index contributed by atoms with van der Waals surface area (Å²) >= 11 is 0. The van der Waals surface area contributed by atoms with Crippen LogP contribution >= 0.6 is 0 Å². The number of carbonyl (C=O) groups is 1. The SMILES string of the molecule is CNC(=O)C1(c2nc(Oc3ccc(S(N)(=O)=O)cc3)ncc2OC)CCCC1. The number of aromatic nitrogens is 2. The summed E-state index contributed by atoms with van der Waals surface area (Å²) in [6.45, 7) is 0. The van der Waals surface area contributed by atoms with Crippen molar-refractivity contribution in [3.8, 4) is 17.5 Å². The minimum Gasteiger partial charge on any atom is -0.493 e. The average Bonchev–Trinajstić information content (AvgIpc) is 3.18. The number of primary sulfonamides is 1. The summed E-state index contributed by atoms with van der Waals surface area (Å²) in [6, 6.07) is 5.61. The van der Waals surface area contributed by atoms with Gasteiger partial charge in [0.05, 0.1) is 23.6 Å². The molecule has 3 N–H and O–H groups in total. The molecule has 10 heteroatoms. The van der Waals surface area contributed by atoms with E-state index in [1.165, 1.54) is 37.6 Å². The molecule has 2 aromatic rings. The fraction of sp³-hybridized carbons (Fsp3) is 0.389. The van der Waals surface area contributed by atoms with E-state index in [1.807, 2.05) is 0 Å². The summed E-state index contributed by atoms with van der Waals surface area (Å²) in [7, 11) is -0.689. The van der Waals surface area contributed by atoms with Crippen LogP contribution in [-0.2, 0) is 20.2 Å². The quantitative estimate of drug-likeness (QED) is 0.742. The van der Waals surface area contributed by atoms with Crippen molar-refractivity contribution in [1.82, 2.24) is 15.3 Å². The van der Waals surface area contributed by atoms with Gasteiger partial charge in [-0.05, 0) is 37.1 Å². The molecule has 1 aromatic carbocycles. The summed E-state index contributed by atoms with van der Waals surface area (Å²) in [5.41, 5.74) is -0.309. The molecule has 3 rings (SSSR count). The second-order valence-electron chi connectivity index (χ2n) is 6.56. The van der Waals surface area contributed by atoms with Crippen LogP contribution in [0.2, 0.25) is 0 Å². The number of nitrogens with one attached hydrogen (secondary N) is 1. The van der Waals surface area contributed by atoms with Crippen LogP contribution < -0.4 is 19.9 Å². The molecular formula is C18H22N4O5S. The smallest absolute Gasteiger partial charge is 0.322 e. The molecule has 0 aliphatic heterocycles. The van der Waals surface area contributed by atoms with Crippen LogP contribution in [0.4, 0.5) is 0 Å². The first-order chi connectivity index (χ1) is 13.3. The third-order valence-electron chi connectivity index (χ3n) is 4.89. The summed E-state index contributed by atoms with van der Waals surface area (Å²) in [5, 5.41) is 7.81. The fourth-order valence-electron chi connectivity index (χ4n) is 3.49. The van der Waals surface area contributed by atoms with Gasteiger partial charge in [0, 0.05) is 7.05 Å². The summed E-state index contributed by atoms with van der Waals surface area (Å²) in [4.78, 5) is 21.2. The Bertz CT molecular complexity index is 970. The van der Waals surface area contributed by atoms with Crippen LogP contribution in [0.5, 0.6) is 17.5 Å². The van der Waals surface area contributed by atoms with Gasteiger partial charge < -0.3 is 14.8 Å². The van der Waals surface area contributed by atoms with Crippen molar-refractivity contribution in [3.05, 3.63) is 36.2 Å². The van der Waals surface area contributed by atoms with E-state index in [1.54, 1.807) is 7.05 Å². The molecule has 1 heterocycles. The summed E-state index contributed by atoms with van der Waals surface area (Å²) in [5.74, 6) is 0.636. The van der Waals surface area contributed by atoms with Crippen molar-refractivity contribution in [2.24, 2.45) is 5.14 Å². The van der Waals surface area contributed by atoms with E-state index in [4.69, 9.17) is 14.6 Å². The summed E-state index contributed by atoms with van der Waals surface area (Å²) in [6.07, 6.45) is 4.60. The normalized spacial score (nSPS) is 15.8. The van der Waals surface area contributed by atoms with E-state index in [2.05, 4.69) is 15.3 Å². The Labute approximate surface area is 163 Å². The van der Waals surface area contributed by atoms with Gasteiger partial charge in [0.25, 0.3) is 0 Å². The molecule has 1 fully saturated rings. The van der Waals surface area contributed by atoms with Gasteiger partial charge in [-0.2, -0.15) is 9.97 Å². The van der Waals surface area contributed by atoms with E-state index in [0.29, 0.717) is 30.0 Å². The van der Waals surface area contributed by atoms with Crippen LogP contribution in [0.1, 0.15) is 31.4 Å². The van der Waals surface area contributed by atoms with Crippen LogP contribution in [0.25, 0.3) is 0 Å². The van der Waals surface area contributed by atoms with Crippen LogP contribution in [0.15, 0.2) is 35.4 Å². The number of likely N-dealkylation sites (N-methyl/N-ethyl adjacent to an activating group) is 1. The topological polar surface area (TPSA) is 134 Å². The van der Waals surface area contributed by atoms with Crippen molar-refractivity contribution in [2.75, 3.05) is 14.2 Å². The Hall–Kier alpha value is -2.72. The minimum absolute atomic E-state index is 0.0271. The van der Waals surface area contributed by atoms with Crippen molar-refractivity contribution in [1.29, 1.82) is 0 Å². The number of rotatable bonds is 6. The number of hydrogen-bond donors (Lipinski definition) is 2. The Morgan fingerprint density at radius 2 is 1.86 bits per heavy atom. The van der Waals surface area contributed by atoms with E-state index >= 15 is 0 Å². The molecule has 28 heavy (non-hydrogen) atoms. The van der Waals surface area contributed by atoms with Crippen LogP contribution in [-0.4, -0.2) is 38.5 Å². The Morgan fingerprint density at radius 1 is 1.21 bits per heavy atom. The van der Waals surface area contributed by atoms with E-state index in [0.717, 1.165) is 12.8 Å². The van der Waals surface area contributed by atoms with Crippen LogP contribution in [0, 0.1) is 0 Å². The molecule has 9 nitrogen and oxygen atoms in total. The van der Waals surface area contributed by atoms with Gasteiger partial charge in [-0.3, -0.25) is 4.79 Å². The zero-order chi connectivity index (χ0) is 20.4. The molecule has 1 aliphatic rings. The molecular weight excluding hydrogens is 384 g/mol. The fourth-order valence-corrected chi connectivity index (χ4v) is 4.00. The first-order valence-corrected chi connectivity index (χ1v) is 10.3. The Balaban J connectivity index is 1.96. The Kier molecular flexibility index (Phi) is 5.52. The zero-order valence-corrected chi connectivity index (χ0v) is 16.5. The number of nitrogens with zero attached hydrogens (tertiary/aromatic N) is 2. The van der Waals surface area contributed by atoms with Gasteiger partial charge in [-0.25, -0.2) is 13.6 Å². The van der Waals surface area contributed by atoms with Gasteiger partial charge in [0.2, 0.25) is 15.9 Å². The molecule has 0 saturated heterocycles. The number of benzene rings is 1. The number of nitrogens with two attached hydrogens (primary N) is 1. The van der Waals surface area contributed by atoms with E-state index in [9.17, 15) is 13.2 Å². The van der Waals surface area contributed by atoms with E-state index in [-0.39, 0.29) is 16.8 Å². The minimum atomic E-state index is -3.79. The zero-order valence-electron chi connectivity index (χ0n) is 15.6. The maximum Gasteiger partial charge on any atom is 0.322 e. The number of hydrogen-bond acceptors (Lipinski definition) is 7. The molecule has 0 bridgehead atoms. The molecule has 0 atom stereocenters. The molecule has 150 valence electrons. The maximum absolute atomic E-state index is 12.7. The average molecular weight is 406 g/mol. The molecule has 0 unspecified atom stereocenters. The summed E-state index contributed by atoms with van der Waals surface area (Å²) < 4.78 is 33.8. The van der Waals surface area contributed by atoms with E-state index < -0.39 is 15.4 Å². The van der Waals surface area contributed by atoms with Crippen molar-refractivity contribution >= 4 is 15.9 Å². The molecule has 1 aliphatic carbocycles. The first-order valence-electron chi connectivity index (χ1n) is 8.74. The van der Waals surface area contributed by atoms with Gasteiger partial charge in [-0.1, -0.05) is 12.8 Å². The first kappa shape index (κ1) is 20.0. The molecule has 1 amide bonds. The monoisotopic (exact) mass is 406 g/mol. The molecule has 1 saturated carbocycles. The third-order valence-corrected chi connectivity index (χ3v) is 5.82. The van der Waals surface area contributed by atoms with Gasteiger partial charge >= 0.3 is 6.01 Å². The predicted molar refractivity (Wildman–Crippen MR) is 101 cm³/mol. The highest BCUT2D eigenvalue weighted by molar-refractivity contribution is 7.89. The Morgan fingerprint density at radius 3 is 2.39 bits per heavy atom. The van der Waals surface area contributed by atoms with Crippen molar-refractivity contribution in [2.45, 2.75) is 36.0 Å². The lowest BCUT2D eigenvalue weighted by molar-refractivity contribution is -0.126. The lowest BCUT2D eigenvalue weighted by Gasteiger charge is -2.27. The van der Waals surface area contributed by atoms with Crippen molar-refractivity contribution < 1.29 is 22.7 Å². The maximum atomic E-state index is 12.7. The number of methoxy groups -OCH3 is 1. The molecule has 0 spiro atoms. The van der Waals surface area contributed by atoms with Gasteiger partial charge in [0.15, 0.2) is 5.75 Å². The number of amides is 1. The largest absolute Gasteiger partial charge is 0.493 e. The third kappa shape index (κ3) is 3.78. The van der Waals surface area contributed by atoms with Crippen molar-refractivity contribution in [3.63, 3.8) is 0 Å². The predicted octanol–water partition coefficient (Wildman–Crippen LogP) is 1.48. The van der Waals surface area contributed by atoms with Gasteiger partial charge in [-0.15, -0.1) is 0 Å². The molecule has 0 radical (unpaired) electrons. The lowest BCUT2D eigenvalue weighted by atomic mass is 9.81. The number of sulfonamides is 1. The lowest BCUT2D eigenvalue weighted by Crippen LogP contribution is -2.41. The second-order valence-corrected chi connectivity index (χ2v) is 8.12. The van der Waals surface area contributed by atoms with Crippen LogP contribution in [0.3, 0.4) is 0 Å². The molecule has 1 aromatic heterocycles. The number of ether oxygens (including phenoxy) is 2. The highest BCUT2D eigenvalue weighted by Gasteiger charge is 2.46. The second kappa shape index (κ2) is 7.72. The highest BCUT2D eigenvalue weighted by Crippen LogP contribution is 2.44. The standard InChI is InChI=1S/C18H22N4O5S/c1-20-16(23)18(9-3-4-10-18)15-14(26-2)11-21-17(22-15)27-12-5-7-13(8-6-12)28(19,24)25/h5-8,11H,3-4,9-10H2,1-2H3,(H,20,23)(H2,19,24,25). The number of carbonyl (C=O) groups excluding carboxylic acids is 1. The highest BCUT2D eigenvalue weighted by atomic mass is 32.2.